The van der Waals surface area contributed by atoms with Gasteiger partial charge in [-0.25, -0.2) is 9.97 Å². The van der Waals surface area contributed by atoms with Crippen LogP contribution in [-0.4, -0.2) is 42.7 Å². The third-order valence-corrected chi connectivity index (χ3v) is 4.44. The molecule has 1 aromatic carbocycles. The number of hydrogen-bond donors (Lipinski definition) is 1. The molecule has 0 unspecified atom stereocenters. The summed E-state index contributed by atoms with van der Waals surface area (Å²) in [6.07, 6.45) is 3.65. The summed E-state index contributed by atoms with van der Waals surface area (Å²) < 4.78 is 10.7. The van der Waals surface area contributed by atoms with Crippen molar-refractivity contribution >= 4 is 11.7 Å². The Hall–Kier alpha value is -2.83. The molecule has 3 rings (SSSR count). The van der Waals surface area contributed by atoms with Gasteiger partial charge in [0.2, 0.25) is 0 Å². The molecule has 0 aliphatic carbocycles. The number of carbonyl (C=O) groups excluding carboxylic acids is 1. The molecule has 1 aromatic heterocycles. The predicted molar refractivity (Wildman–Crippen MR) is 103 cm³/mol. The highest BCUT2D eigenvalue weighted by Gasteiger charge is 2.14. The van der Waals surface area contributed by atoms with E-state index < -0.39 is 0 Å². The van der Waals surface area contributed by atoms with Gasteiger partial charge in [0, 0.05) is 24.8 Å². The third kappa shape index (κ3) is 5.32. The van der Waals surface area contributed by atoms with Crippen LogP contribution in [0.4, 0.5) is 5.82 Å². The normalized spacial score (nSPS) is 13.9. The zero-order chi connectivity index (χ0) is 19.1. The summed E-state index contributed by atoms with van der Waals surface area (Å²) >= 11 is 0. The highest BCUT2D eigenvalue weighted by molar-refractivity contribution is 5.77. The Labute approximate surface area is 159 Å². The van der Waals surface area contributed by atoms with Crippen LogP contribution in [0.25, 0.3) is 0 Å². The van der Waals surface area contributed by atoms with Crippen molar-refractivity contribution in [3.8, 4) is 11.5 Å². The minimum Gasteiger partial charge on any atom is -0.493 e. The lowest BCUT2D eigenvalue weighted by molar-refractivity contribution is -0.123. The molecule has 0 bridgehead atoms. The summed E-state index contributed by atoms with van der Waals surface area (Å²) in [5.74, 6) is 2.45. The number of rotatable bonds is 7. The van der Waals surface area contributed by atoms with Gasteiger partial charge in [0.1, 0.15) is 11.6 Å². The average molecular weight is 370 g/mol. The van der Waals surface area contributed by atoms with Crippen LogP contribution in [0.3, 0.4) is 0 Å². The van der Waals surface area contributed by atoms with Crippen LogP contribution in [0, 0.1) is 6.92 Å². The highest BCUT2D eigenvalue weighted by atomic mass is 16.5. The summed E-state index contributed by atoms with van der Waals surface area (Å²) in [6, 6.07) is 9.23. The van der Waals surface area contributed by atoms with Gasteiger partial charge in [-0.2, -0.15) is 0 Å². The summed E-state index contributed by atoms with van der Waals surface area (Å²) in [5, 5.41) is 2.82. The van der Waals surface area contributed by atoms with E-state index in [1.807, 2.05) is 25.1 Å². The Morgan fingerprint density at radius 3 is 2.63 bits per heavy atom. The van der Waals surface area contributed by atoms with E-state index in [-0.39, 0.29) is 19.1 Å². The van der Waals surface area contributed by atoms with E-state index in [4.69, 9.17) is 9.47 Å². The van der Waals surface area contributed by atoms with Crippen LogP contribution in [0.2, 0.25) is 0 Å². The van der Waals surface area contributed by atoms with Crippen molar-refractivity contribution < 1.29 is 14.3 Å². The van der Waals surface area contributed by atoms with Gasteiger partial charge in [-0.15, -0.1) is 0 Å². The number of benzene rings is 1. The van der Waals surface area contributed by atoms with Crippen LogP contribution in [0.5, 0.6) is 11.5 Å². The number of aromatic nitrogens is 2. The van der Waals surface area contributed by atoms with Crippen molar-refractivity contribution in [2.45, 2.75) is 32.7 Å². The Balaban J connectivity index is 1.54. The molecule has 1 N–H and O–H groups in total. The first-order chi connectivity index (χ1) is 13.2. The first-order valence-electron chi connectivity index (χ1n) is 9.28. The van der Waals surface area contributed by atoms with Crippen molar-refractivity contribution in [3.63, 3.8) is 0 Å². The highest BCUT2D eigenvalue weighted by Crippen LogP contribution is 2.25. The monoisotopic (exact) mass is 370 g/mol. The van der Waals surface area contributed by atoms with Crippen LogP contribution >= 0.6 is 0 Å². The largest absolute Gasteiger partial charge is 0.493 e. The van der Waals surface area contributed by atoms with Crippen LogP contribution in [-0.2, 0) is 11.3 Å². The number of ether oxygens (including phenoxy) is 2. The fourth-order valence-corrected chi connectivity index (χ4v) is 3.09. The molecule has 27 heavy (non-hydrogen) atoms. The predicted octanol–water partition coefficient (Wildman–Crippen LogP) is 2.48. The number of aryl methyl sites for hydroxylation is 1. The van der Waals surface area contributed by atoms with Gasteiger partial charge in [-0.1, -0.05) is 12.1 Å². The Bertz CT molecular complexity index is 776. The van der Waals surface area contributed by atoms with Gasteiger partial charge in [-0.05, 0) is 38.3 Å². The lowest BCUT2D eigenvalue weighted by atomic mass is 10.1. The standard InChI is InChI=1S/C20H26N4O3/c1-15-12-19(24-10-6-3-7-11-24)23-18(22-15)13-21-20(25)14-27-17-9-5-4-8-16(17)26-2/h4-5,8-9,12H,3,6-7,10-11,13-14H2,1-2H3,(H,21,25). The lowest BCUT2D eigenvalue weighted by Crippen LogP contribution is -2.32. The maximum absolute atomic E-state index is 12.1. The topological polar surface area (TPSA) is 76.6 Å². The van der Waals surface area contributed by atoms with Crippen molar-refractivity contribution in [2.75, 3.05) is 31.7 Å². The molecule has 7 nitrogen and oxygen atoms in total. The van der Waals surface area contributed by atoms with Crippen molar-refractivity contribution in [1.82, 2.24) is 15.3 Å². The molecule has 0 spiro atoms. The van der Waals surface area contributed by atoms with E-state index in [2.05, 4.69) is 20.2 Å². The number of piperidine rings is 1. The fraction of sp³-hybridized carbons (Fsp3) is 0.450. The molecule has 1 saturated heterocycles. The third-order valence-electron chi connectivity index (χ3n) is 4.44. The molecule has 2 heterocycles. The molecule has 1 aliphatic heterocycles. The maximum Gasteiger partial charge on any atom is 0.258 e. The van der Waals surface area contributed by atoms with E-state index >= 15 is 0 Å². The second-order valence-electron chi connectivity index (χ2n) is 6.55. The molecular formula is C20H26N4O3. The number of anilines is 1. The smallest absolute Gasteiger partial charge is 0.258 e. The molecule has 0 atom stereocenters. The summed E-state index contributed by atoms with van der Waals surface area (Å²) in [4.78, 5) is 23.5. The molecule has 1 fully saturated rings. The number of para-hydroxylation sites is 2. The van der Waals surface area contributed by atoms with E-state index in [1.165, 1.54) is 19.3 Å². The SMILES string of the molecule is COc1ccccc1OCC(=O)NCc1nc(C)cc(N2CCCCC2)n1. The Morgan fingerprint density at radius 1 is 1.15 bits per heavy atom. The van der Waals surface area contributed by atoms with Gasteiger partial charge >= 0.3 is 0 Å². The summed E-state index contributed by atoms with van der Waals surface area (Å²) in [7, 11) is 1.57. The van der Waals surface area contributed by atoms with E-state index in [0.29, 0.717) is 17.3 Å². The second-order valence-corrected chi connectivity index (χ2v) is 6.55. The molecule has 144 valence electrons. The Kier molecular flexibility index (Phi) is 6.46. The molecule has 0 radical (unpaired) electrons. The van der Waals surface area contributed by atoms with Crippen molar-refractivity contribution in [2.24, 2.45) is 0 Å². The van der Waals surface area contributed by atoms with Gasteiger partial charge < -0.3 is 19.7 Å². The molecular weight excluding hydrogens is 344 g/mol. The molecule has 7 heteroatoms. The molecule has 1 aliphatic rings. The van der Waals surface area contributed by atoms with E-state index in [1.54, 1.807) is 19.2 Å². The Morgan fingerprint density at radius 2 is 1.89 bits per heavy atom. The lowest BCUT2D eigenvalue weighted by Gasteiger charge is -2.28. The molecule has 0 saturated carbocycles. The van der Waals surface area contributed by atoms with Crippen molar-refractivity contribution in [3.05, 3.63) is 41.9 Å². The second kappa shape index (κ2) is 9.21. The molecule has 2 aromatic rings. The number of hydrogen-bond acceptors (Lipinski definition) is 6. The van der Waals surface area contributed by atoms with Gasteiger partial charge in [0.15, 0.2) is 18.1 Å². The number of carbonyl (C=O) groups is 1. The number of nitrogens with one attached hydrogen (secondary N) is 1. The minimum atomic E-state index is -0.231. The maximum atomic E-state index is 12.1. The zero-order valence-electron chi connectivity index (χ0n) is 15.9. The number of amides is 1. The van der Waals surface area contributed by atoms with Crippen LogP contribution in [0.15, 0.2) is 30.3 Å². The van der Waals surface area contributed by atoms with Gasteiger partial charge in [0.05, 0.1) is 13.7 Å². The van der Waals surface area contributed by atoms with Gasteiger partial charge in [-0.3, -0.25) is 4.79 Å². The first kappa shape index (κ1) is 18.9. The number of methoxy groups -OCH3 is 1. The van der Waals surface area contributed by atoms with Crippen LogP contribution < -0.4 is 19.7 Å². The number of nitrogens with zero attached hydrogens (tertiary/aromatic N) is 3. The van der Waals surface area contributed by atoms with E-state index in [0.717, 1.165) is 24.6 Å². The average Bonchev–Trinajstić information content (AvgIpc) is 2.71. The summed E-state index contributed by atoms with van der Waals surface area (Å²) in [6.45, 7) is 4.18. The van der Waals surface area contributed by atoms with E-state index in [9.17, 15) is 4.79 Å². The molecule has 1 amide bonds. The first-order valence-corrected chi connectivity index (χ1v) is 9.28. The van der Waals surface area contributed by atoms with Gasteiger partial charge in [0.25, 0.3) is 5.91 Å². The van der Waals surface area contributed by atoms with Crippen LogP contribution in [0.1, 0.15) is 30.8 Å². The quantitative estimate of drug-likeness (QED) is 0.807. The zero-order valence-corrected chi connectivity index (χ0v) is 15.9. The summed E-state index contributed by atoms with van der Waals surface area (Å²) in [5.41, 5.74) is 0.903. The minimum absolute atomic E-state index is 0.0921. The van der Waals surface area contributed by atoms with Crippen molar-refractivity contribution in [1.29, 1.82) is 0 Å². The fourth-order valence-electron chi connectivity index (χ4n) is 3.09.